The fourth-order valence-corrected chi connectivity index (χ4v) is 1.99. The number of carbonyl (C=O) groups excluding carboxylic acids is 1. The Morgan fingerprint density at radius 3 is 2.60 bits per heavy atom. The number of benzene rings is 1. The molecule has 0 spiro atoms. The van der Waals surface area contributed by atoms with E-state index < -0.39 is 5.60 Å². The van der Waals surface area contributed by atoms with Gasteiger partial charge in [-0.3, -0.25) is 0 Å². The van der Waals surface area contributed by atoms with Crippen molar-refractivity contribution in [2.75, 3.05) is 11.9 Å². The summed E-state index contributed by atoms with van der Waals surface area (Å²) in [5.41, 5.74) is 1.02. The molecule has 2 unspecified atom stereocenters. The van der Waals surface area contributed by atoms with Gasteiger partial charge >= 0.3 is 6.03 Å². The molecule has 0 saturated carbocycles. The van der Waals surface area contributed by atoms with E-state index in [9.17, 15) is 9.90 Å². The molecule has 0 heterocycles. The highest BCUT2D eigenvalue weighted by Crippen LogP contribution is 2.19. The van der Waals surface area contributed by atoms with Crippen molar-refractivity contribution in [2.45, 2.75) is 46.1 Å². The molecule has 112 valence electrons. The van der Waals surface area contributed by atoms with E-state index in [1.807, 2.05) is 45.0 Å². The zero-order valence-electron chi connectivity index (χ0n) is 12.9. The van der Waals surface area contributed by atoms with Crippen molar-refractivity contribution in [3.8, 4) is 0 Å². The molecular formula is C16H26N2O2. The Hall–Kier alpha value is -1.55. The number of aryl methyl sites for hydroxylation is 1. The molecule has 0 aromatic heterocycles. The molecule has 2 amide bonds. The lowest BCUT2D eigenvalue weighted by molar-refractivity contribution is 0.00827. The third-order valence-corrected chi connectivity index (χ3v) is 3.93. The molecule has 0 aliphatic rings. The van der Waals surface area contributed by atoms with Gasteiger partial charge in [0.05, 0.1) is 5.60 Å². The number of nitrogens with one attached hydrogen (secondary N) is 2. The molecule has 0 saturated heterocycles. The fourth-order valence-electron chi connectivity index (χ4n) is 1.99. The minimum atomic E-state index is -0.892. The van der Waals surface area contributed by atoms with E-state index in [-0.39, 0.29) is 18.5 Å². The molecule has 2 atom stereocenters. The number of anilines is 1. The van der Waals surface area contributed by atoms with Crippen molar-refractivity contribution in [2.24, 2.45) is 5.92 Å². The SMILES string of the molecule is CCc1ccccc1NC(=O)NCC(C)(O)C(C)CC. The van der Waals surface area contributed by atoms with Crippen LogP contribution in [-0.2, 0) is 6.42 Å². The van der Waals surface area contributed by atoms with E-state index in [2.05, 4.69) is 10.6 Å². The summed E-state index contributed by atoms with van der Waals surface area (Å²) in [6, 6.07) is 7.44. The maximum atomic E-state index is 11.9. The van der Waals surface area contributed by atoms with Crippen LogP contribution < -0.4 is 10.6 Å². The summed E-state index contributed by atoms with van der Waals surface area (Å²) in [4.78, 5) is 11.9. The lowest BCUT2D eigenvalue weighted by atomic mass is 9.89. The molecule has 0 aliphatic carbocycles. The van der Waals surface area contributed by atoms with E-state index in [1.165, 1.54) is 0 Å². The summed E-state index contributed by atoms with van der Waals surface area (Å²) in [5.74, 6) is 0.130. The Bertz CT molecular complexity index is 444. The molecule has 4 nitrogen and oxygen atoms in total. The Morgan fingerprint density at radius 1 is 1.35 bits per heavy atom. The number of carbonyl (C=O) groups is 1. The summed E-state index contributed by atoms with van der Waals surface area (Å²) in [6.45, 7) is 8.04. The molecular weight excluding hydrogens is 252 g/mol. The van der Waals surface area contributed by atoms with Crippen LogP contribution in [0.25, 0.3) is 0 Å². The van der Waals surface area contributed by atoms with E-state index in [0.29, 0.717) is 0 Å². The van der Waals surface area contributed by atoms with Gasteiger partial charge in [-0.05, 0) is 30.9 Å². The summed E-state index contributed by atoms with van der Waals surface area (Å²) < 4.78 is 0. The zero-order valence-corrected chi connectivity index (χ0v) is 12.9. The van der Waals surface area contributed by atoms with Gasteiger partial charge in [-0.25, -0.2) is 4.79 Å². The van der Waals surface area contributed by atoms with Crippen molar-refractivity contribution in [3.63, 3.8) is 0 Å². The number of rotatable bonds is 6. The third kappa shape index (κ3) is 4.53. The van der Waals surface area contributed by atoms with Crippen LogP contribution in [0.15, 0.2) is 24.3 Å². The largest absolute Gasteiger partial charge is 0.388 e. The first-order chi connectivity index (χ1) is 9.40. The average molecular weight is 278 g/mol. The quantitative estimate of drug-likeness (QED) is 0.748. The maximum Gasteiger partial charge on any atom is 0.319 e. The van der Waals surface area contributed by atoms with E-state index in [0.717, 1.165) is 24.1 Å². The molecule has 4 heteroatoms. The number of hydrogen-bond acceptors (Lipinski definition) is 2. The van der Waals surface area contributed by atoms with Gasteiger partial charge < -0.3 is 15.7 Å². The van der Waals surface area contributed by atoms with Crippen molar-refractivity contribution >= 4 is 11.7 Å². The molecule has 3 N–H and O–H groups in total. The van der Waals surface area contributed by atoms with Crippen LogP contribution in [0.3, 0.4) is 0 Å². The Balaban J connectivity index is 2.56. The molecule has 0 fully saturated rings. The highest BCUT2D eigenvalue weighted by Gasteiger charge is 2.27. The third-order valence-electron chi connectivity index (χ3n) is 3.93. The maximum absolute atomic E-state index is 11.9. The van der Waals surface area contributed by atoms with Crippen molar-refractivity contribution in [1.29, 1.82) is 0 Å². The first kappa shape index (κ1) is 16.5. The number of aliphatic hydroxyl groups is 1. The average Bonchev–Trinajstić information content (AvgIpc) is 2.45. The van der Waals surface area contributed by atoms with Gasteiger partial charge in [0.25, 0.3) is 0 Å². The molecule has 0 aliphatic heterocycles. The van der Waals surface area contributed by atoms with Crippen LogP contribution in [0.5, 0.6) is 0 Å². The van der Waals surface area contributed by atoms with Gasteiger partial charge in [-0.1, -0.05) is 45.4 Å². The smallest absolute Gasteiger partial charge is 0.319 e. The van der Waals surface area contributed by atoms with Gasteiger partial charge in [0, 0.05) is 12.2 Å². The van der Waals surface area contributed by atoms with Gasteiger partial charge in [0.2, 0.25) is 0 Å². The first-order valence-corrected chi connectivity index (χ1v) is 7.25. The van der Waals surface area contributed by atoms with Crippen LogP contribution in [-0.4, -0.2) is 23.3 Å². The van der Waals surface area contributed by atoms with E-state index in [1.54, 1.807) is 6.92 Å². The molecule has 20 heavy (non-hydrogen) atoms. The number of amides is 2. The number of hydrogen-bond donors (Lipinski definition) is 3. The Labute approximate surface area is 121 Å². The monoisotopic (exact) mass is 278 g/mol. The highest BCUT2D eigenvalue weighted by atomic mass is 16.3. The van der Waals surface area contributed by atoms with Crippen molar-refractivity contribution in [3.05, 3.63) is 29.8 Å². The summed E-state index contributed by atoms with van der Waals surface area (Å²) in [5, 5.41) is 15.8. The first-order valence-electron chi connectivity index (χ1n) is 7.25. The zero-order chi connectivity index (χ0) is 15.2. The predicted molar refractivity (Wildman–Crippen MR) is 82.9 cm³/mol. The number of urea groups is 1. The van der Waals surface area contributed by atoms with Crippen LogP contribution in [0.4, 0.5) is 10.5 Å². The molecule has 0 radical (unpaired) electrons. The normalized spacial score (nSPS) is 15.2. The highest BCUT2D eigenvalue weighted by molar-refractivity contribution is 5.90. The second-order valence-electron chi connectivity index (χ2n) is 5.48. The second-order valence-corrected chi connectivity index (χ2v) is 5.48. The van der Waals surface area contributed by atoms with Gasteiger partial charge in [0.1, 0.15) is 0 Å². The van der Waals surface area contributed by atoms with E-state index in [4.69, 9.17) is 0 Å². The van der Waals surface area contributed by atoms with Crippen molar-refractivity contribution in [1.82, 2.24) is 5.32 Å². The van der Waals surface area contributed by atoms with Crippen LogP contribution in [0.1, 0.15) is 39.7 Å². The second kappa shape index (κ2) is 7.29. The molecule has 1 aromatic rings. The topological polar surface area (TPSA) is 61.4 Å². The standard InChI is InChI=1S/C16H26N2O2/c1-5-12(3)16(4,20)11-17-15(19)18-14-10-8-7-9-13(14)6-2/h7-10,12,20H,5-6,11H2,1-4H3,(H2,17,18,19). The minimum absolute atomic E-state index is 0.130. The van der Waals surface area contributed by atoms with Crippen LogP contribution in [0, 0.1) is 5.92 Å². The Kier molecular flexibility index (Phi) is 6.02. The minimum Gasteiger partial charge on any atom is -0.388 e. The van der Waals surface area contributed by atoms with Crippen molar-refractivity contribution < 1.29 is 9.90 Å². The van der Waals surface area contributed by atoms with Crippen LogP contribution in [0.2, 0.25) is 0 Å². The van der Waals surface area contributed by atoms with E-state index >= 15 is 0 Å². The Morgan fingerprint density at radius 2 is 2.00 bits per heavy atom. The van der Waals surface area contributed by atoms with Crippen LogP contribution >= 0.6 is 0 Å². The molecule has 1 aromatic carbocycles. The van der Waals surface area contributed by atoms with Gasteiger partial charge in [0.15, 0.2) is 0 Å². The molecule has 1 rings (SSSR count). The summed E-state index contributed by atoms with van der Waals surface area (Å²) in [6.07, 6.45) is 1.73. The number of para-hydroxylation sites is 1. The summed E-state index contributed by atoms with van der Waals surface area (Å²) >= 11 is 0. The lowest BCUT2D eigenvalue weighted by Gasteiger charge is -2.29. The predicted octanol–water partition coefficient (Wildman–Crippen LogP) is 3.17. The van der Waals surface area contributed by atoms with Gasteiger partial charge in [-0.2, -0.15) is 0 Å². The lowest BCUT2D eigenvalue weighted by Crippen LogP contribution is -2.46. The fraction of sp³-hybridized carbons (Fsp3) is 0.562. The summed E-state index contributed by atoms with van der Waals surface area (Å²) in [7, 11) is 0. The van der Waals surface area contributed by atoms with Gasteiger partial charge in [-0.15, -0.1) is 0 Å². The molecule has 0 bridgehead atoms.